The molecule has 0 unspecified atom stereocenters. The molecular formula is C14H12N2O. The van der Waals surface area contributed by atoms with Gasteiger partial charge in [0.05, 0.1) is 11.0 Å². The van der Waals surface area contributed by atoms with Crippen molar-refractivity contribution in [1.29, 1.82) is 0 Å². The van der Waals surface area contributed by atoms with E-state index in [2.05, 4.69) is 21.8 Å². The summed E-state index contributed by atoms with van der Waals surface area (Å²) < 4.78 is 0. The summed E-state index contributed by atoms with van der Waals surface area (Å²) in [5, 5.41) is 0. The van der Waals surface area contributed by atoms with Crippen molar-refractivity contribution in [1.82, 2.24) is 9.97 Å². The van der Waals surface area contributed by atoms with Gasteiger partial charge in [0, 0.05) is 30.8 Å². The van der Waals surface area contributed by atoms with E-state index in [-0.39, 0.29) is 5.78 Å². The minimum Gasteiger partial charge on any atom is -0.294 e. The molecule has 1 aromatic heterocycles. The fourth-order valence-corrected chi connectivity index (χ4v) is 1.58. The van der Waals surface area contributed by atoms with E-state index in [1.54, 1.807) is 31.5 Å². The van der Waals surface area contributed by atoms with Gasteiger partial charge >= 0.3 is 0 Å². The summed E-state index contributed by atoms with van der Waals surface area (Å²) in [4.78, 5) is 20.2. The molecule has 3 heteroatoms. The molecule has 2 aromatic rings. The molecule has 0 aliphatic heterocycles. The lowest BCUT2D eigenvalue weighted by molar-refractivity contribution is 0.0984. The van der Waals surface area contributed by atoms with Gasteiger partial charge in [0.25, 0.3) is 0 Å². The summed E-state index contributed by atoms with van der Waals surface area (Å²) in [7, 11) is 0. The van der Waals surface area contributed by atoms with E-state index in [4.69, 9.17) is 0 Å². The molecule has 0 spiro atoms. The van der Waals surface area contributed by atoms with Gasteiger partial charge in [-0.25, -0.2) is 0 Å². The van der Waals surface area contributed by atoms with Crippen LogP contribution >= 0.6 is 0 Å². The van der Waals surface area contributed by atoms with Crippen molar-refractivity contribution in [3.63, 3.8) is 0 Å². The lowest BCUT2D eigenvalue weighted by atomic mass is 10.1. The SMILES string of the molecule is CC#CCCC(=O)c1ccc2nccnc2c1. The highest BCUT2D eigenvalue weighted by molar-refractivity contribution is 5.98. The van der Waals surface area contributed by atoms with E-state index in [0.29, 0.717) is 18.4 Å². The number of aromatic nitrogens is 2. The first-order valence-electron chi connectivity index (χ1n) is 5.45. The predicted molar refractivity (Wildman–Crippen MR) is 66.6 cm³/mol. The molecule has 0 amide bonds. The molecule has 2 rings (SSSR count). The third-order valence-electron chi connectivity index (χ3n) is 2.45. The highest BCUT2D eigenvalue weighted by Gasteiger charge is 2.06. The van der Waals surface area contributed by atoms with Crippen LogP contribution in [0.15, 0.2) is 30.6 Å². The standard InChI is InChI=1S/C14H12N2O/c1-2-3-4-5-14(17)11-6-7-12-13(10-11)16-9-8-15-12/h6-10H,4-5H2,1H3. The quantitative estimate of drug-likeness (QED) is 0.594. The molecule has 0 atom stereocenters. The molecule has 0 aliphatic rings. The Bertz CT molecular complexity index is 608. The Morgan fingerprint density at radius 2 is 2.00 bits per heavy atom. The average Bonchev–Trinajstić information content (AvgIpc) is 2.38. The lowest BCUT2D eigenvalue weighted by Crippen LogP contribution is -1.98. The summed E-state index contributed by atoms with van der Waals surface area (Å²) in [6, 6.07) is 5.39. The molecule has 17 heavy (non-hydrogen) atoms. The van der Waals surface area contributed by atoms with Crippen molar-refractivity contribution in [2.75, 3.05) is 0 Å². The molecule has 0 fully saturated rings. The summed E-state index contributed by atoms with van der Waals surface area (Å²) in [6.07, 6.45) is 4.32. The molecule has 0 saturated heterocycles. The van der Waals surface area contributed by atoms with E-state index in [1.165, 1.54) is 0 Å². The van der Waals surface area contributed by atoms with E-state index in [0.717, 1.165) is 11.0 Å². The zero-order valence-corrected chi connectivity index (χ0v) is 9.60. The van der Waals surface area contributed by atoms with Crippen molar-refractivity contribution in [3.8, 4) is 11.8 Å². The second-order valence-electron chi connectivity index (χ2n) is 3.61. The smallest absolute Gasteiger partial charge is 0.163 e. The van der Waals surface area contributed by atoms with Crippen LogP contribution in [0.2, 0.25) is 0 Å². The fourth-order valence-electron chi connectivity index (χ4n) is 1.58. The van der Waals surface area contributed by atoms with Crippen LogP contribution in [-0.2, 0) is 0 Å². The minimum absolute atomic E-state index is 0.0975. The van der Waals surface area contributed by atoms with Gasteiger partial charge in [0.15, 0.2) is 5.78 Å². The Labute approximate surface area is 99.9 Å². The summed E-state index contributed by atoms with van der Waals surface area (Å²) in [5.41, 5.74) is 2.23. The van der Waals surface area contributed by atoms with Crippen LogP contribution < -0.4 is 0 Å². The highest BCUT2D eigenvalue weighted by Crippen LogP contribution is 2.13. The summed E-state index contributed by atoms with van der Waals surface area (Å²) >= 11 is 0. The van der Waals surface area contributed by atoms with E-state index < -0.39 is 0 Å². The van der Waals surface area contributed by atoms with Crippen LogP contribution in [-0.4, -0.2) is 15.8 Å². The predicted octanol–water partition coefficient (Wildman–Crippen LogP) is 2.62. The van der Waals surface area contributed by atoms with Gasteiger partial charge in [-0.3, -0.25) is 14.8 Å². The van der Waals surface area contributed by atoms with E-state index in [1.807, 2.05) is 6.07 Å². The normalized spacial score (nSPS) is 9.71. The number of benzene rings is 1. The molecule has 3 nitrogen and oxygen atoms in total. The molecule has 0 N–H and O–H groups in total. The highest BCUT2D eigenvalue weighted by atomic mass is 16.1. The maximum atomic E-state index is 11.8. The molecule has 1 heterocycles. The average molecular weight is 224 g/mol. The number of carbonyl (C=O) groups excluding carboxylic acids is 1. The monoisotopic (exact) mass is 224 g/mol. The van der Waals surface area contributed by atoms with Crippen molar-refractivity contribution >= 4 is 16.8 Å². The van der Waals surface area contributed by atoms with Gasteiger partial charge in [0.1, 0.15) is 0 Å². The maximum Gasteiger partial charge on any atom is 0.163 e. The van der Waals surface area contributed by atoms with Crippen LogP contribution in [0.5, 0.6) is 0 Å². The first kappa shape index (κ1) is 11.3. The van der Waals surface area contributed by atoms with Crippen LogP contribution in [0.4, 0.5) is 0 Å². The fraction of sp³-hybridized carbons (Fsp3) is 0.214. The lowest BCUT2D eigenvalue weighted by Gasteiger charge is -2.00. The molecule has 1 aromatic carbocycles. The van der Waals surface area contributed by atoms with Crippen LogP contribution in [0.25, 0.3) is 11.0 Å². The van der Waals surface area contributed by atoms with Crippen LogP contribution in [0, 0.1) is 11.8 Å². The van der Waals surface area contributed by atoms with E-state index >= 15 is 0 Å². The van der Waals surface area contributed by atoms with Crippen molar-refractivity contribution in [2.24, 2.45) is 0 Å². The number of nitrogens with zero attached hydrogens (tertiary/aromatic N) is 2. The largest absolute Gasteiger partial charge is 0.294 e. The van der Waals surface area contributed by atoms with E-state index in [9.17, 15) is 4.79 Å². The zero-order valence-electron chi connectivity index (χ0n) is 9.60. The third-order valence-corrected chi connectivity index (χ3v) is 2.45. The van der Waals surface area contributed by atoms with Crippen molar-refractivity contribution in [2.45, 2.75) is 19.8 Å². The van der Waals surface area contributed by atoms with Gasteiger partial charge in [-0.1, -0.05) is 0 Å². The Morgan fingerprint density at radius 1 is 1.24 bits per heavy atom. The molecule has 0 aliphatic carbocycles. The first-order valence-corrected chi connectivity index (χ1v) is 5.45. The Morgan fingerprint density at radius 3 is 2.76 bits per heavy atom. The second kappa shape index (κ2) is 5.22. The molecule has 0 saturated carbocycles. The summed E-state index contributed by atoms with van der Waals surface area (Å²) in [6.45, 7) is 1.77. The van der Waals surface area contributed by atoms with Crippen molar-refractivity contribution < 1.29 is 4.79 Å². The topological polar surface area (TPSA) is 42.9 Å². The van der Waals surface area contributed by atoms with Crippen molar-refractivity contribution in [3.05, 3.63) is 36.2 Å². The third kappa shape index (κ3) is 2.67. The Balaban J connectivity index is 2.23. The maximum absolute atomic E-state index is 11.8. The Hall–Kier alpha value is -2.21. The molecule has 0 bridgehead atoms. The molecular weight excluding hydrogens is 212 g/mol. The second-order valence-corrected chi connectivity index (χ2v) is 3.61. The van der Waals surface area contributed by atoms with Gasteiger partial charge in [-0.2, -0.15) is 0 Å². The zero-order chi connectivity index (χ0) is 12.1. The number of fused-ring (bicyclic) bond motifs is 1. The Kier molecular flexibility index (Phi) is 3.46. The van der Waals surface area contributed by atoms with Gasteiger partial charge in [-0.15, -0.1) is 11.8 Å². The van der Waals surface area contributed by atoms with Crippen LogP contribution in [0.1, 0.15) is 30.1 Å². The number of Topliss-reactive ketones (excluding diaryl/α,β-unsaturated/α-hetero) is 1. The van der Waals surface area contributed by atoms with Gasteiger partial charge in [-0.05, 0) is 25.1 Å². The summed E-state index contributed by atoms with van der Waals surface area (Å²) in [5.74, 6) is 5.76. The molecule has 0 radical (unpaired) electrons. The van der Waals surface area contributed by atoms with Crippen LogP contribution in [0.3, 0.4) is 0 Å². The number of ketones is 1. The number of rotatable bonds is 3. The molecule has 84 valence electrons. The number of hydrogen-bond acceptors (Lipinski definition) is 3. The first-order chi connectivity index (χ1) is 8.31. The number of hydrogen-bond donors (Lipinski definition) is 0. The minimum atomic E-state index is 0.0975. The van der Waals surface area contributed by atoms with Gasteiger partial charge in [0.2, 0.25) is 0 Å². The number of carbonyl (C=O) groups is 1. The van der Waals surface area contributed by atoms with Gasteiger partial charge < -0.3 is 0 Å².